The summed E-state index contributed by atoms with van der Waals surface area (Å²) in [6, 6.07) is 22.8. The van der Waals surface area contributed by atoms with Crippen LogP contribution in [0.3, 0.4) is 0 Å². The molecule has 2 aliphatic carbocycles. The first kappa shape index (κ1) is 26.7. The van der Waals surface area contributed by atoms with Gasteiger partial charge in [0.2, 0.25) is 23.6 Å². The summed E-state index contributed by atoms with van der Waals surface area (Å²) in [6.07, 6.45) is 2.64. The molecular weight excluding hydrogens is 552 g/mol. The normalized spacial score (nSPS) is 30.2. The summed E-state index contributed by atoms with van der Waals surface area (Å²) >= 11 is 6.32. The maximum atomic E-state index is 15.0. The maximum absolute atomic E-state index is 15.0. The number of halogens is 1. The summed E-state index contributed by atoms with van der Waals surface area (Å²) in [5, 5.41) is 11.0. The van der Waals surface area contributed by atoms with E-state index in [-0.39, 0.29) is 35.8 Å². The molecule has 4 aliphatic rings. The number of likely N-dealkylation sites (tertiary alicyclic amines) is 1. The standard InChI is InChI=1S/C34H29ClN2O5/c1-2-36-30(39)25-15-14-24-26(28(25)32(36)41)18-27-31(40)37(22-12-7-11-21(35)17-22)33(42)34(27,20-9-4-3-5-10-20)29(24)19-8-6-13-23(38)16-19/h3-14,16-17,25-29,38H,2,15,18H2,1H3. The number of hydrogen-bond donors (Lipinski definition) is 1. The lowest BCUT2D eigenvalue weighted by Crippen LogP contribution is -2.53. The Morgan fingerprint density at radius 1 is 0.881 bits per heavy atom. The molecule has 7 rings (SSSR count). The number of phenolic OH excluding ortho intramolecular Hbond substituents is 1. The summed E-state index contributed by atoms with van der Waals surface area (Å²) in [7, 11) is 0. The molecular formula is C34H29ClN2O5. The second-order valence-electron chi connectivity index (χ2n) is 11.6. The van der Waals surface area contributed by atoms with Gasteiger partial charge in [0.15, 0.2) is 0 Å². The molecule has 3 aromatic rings. The highest BCUT2D eigenvalue weighted by molar-refractivity contribution is 6.32. The zero-order chi connectivity index (χ0) is 29.3. The van der Waals surface area contributed by atoms with Crippen molar-refractivity contribution < 1.29 is 24.3 Å². The fraction of sp³-hybridized carbons (Fsp3) is 0.294. The van der Waals surface area contributed by atoms with E-state index in [2.05, 4.69) is 0 Å². The molecule has 7 nitrogen and oxygen atoms in total. The van der Waals surface area contributed by atoms with Crippen LogP contribution in [0, 0.1) is 23.7 Å². The number of fused-ring (bicyclic) bond motifs is 4. The molecule has 4 amide bonds. The topological polar surface area (TPSA) is 95.0 Å². The van der Waals surface area contributed by atoms with Crippen molar-refractivity contribution >= 4 is 40.9 Å². The van der Waals surface area contributed by atoms with Crippen LogP contribution in [0.4, 0.5) is 5.69 Å². The van der Waals surface area contributed by atoms with Gasteiger partial charge in [-0.25, -0.2) is 4.90 Å². The van der Waals surface area contributed by atoms with Gasteiger partial charge in [0, 0.05) is 17.5 Å². The molecule has 1 N–H and O–H groups in total. The molecule has 2 saturated heterocycles. The lowest BCUT2D eigenvalue weighted by atomic mass is 9.49. The second-order valence-corrected chi connectivity index (χ2v) is 12.0. The predicted octanol–water partition coefficient (Wildman–Crippen LogP) is 5.23. The van der Waals surface area contributed by atoms with Crippen LogP contribution in [0.2, 0.25) is 5.02 Å². The first-order valence-corrected chi connectivity index (χ1v) is 14.7. The van der Waals surface area contributed by atoms with Gasteiger partial charge in [-0.1, -0.05) is 71.8 Å². The first-order valence-electron chi connectivity index (χ1n) is 14.3. The van der Waals surface area contributed by atoms with Crippen molar-refractivity contribution in [1.29, 1.82) is 0 Å². The van der Waals surface area contributed by atoms with Gasteiger partial charge in [0.25, 0.3) is 0 Å². The SMILES string of the molecule is CCN1C(=O)C2CC=C3C(CC4C(=O)N(c5cccc(Cl)c5)C(=O)C4(c4ccccc4)C3c3cccc(O)c3)C2C1=O. The fourth-order valence-corrected chi connectivity index (χ4v) is 8.38. The average molecular weight is 581 g/mol. The number of hydrogen-bond acceptors (Lipinski definition) is 5. The van der Waals surface area contributed by atoms with E-state index in [1.165, 1.54) is 9.80 Å². The third-order valence-corrected chi connectivity index (χ3v) is 10.0. The van der Waals surface area contributed by atoms with E-state index in [0.29, 0.717) is 34.8 Å². The van der Waals surface area contributed by atoms with Crippen LogP contribution in [0.15, 0.2) is 90.5 Å². The van der Waals surface area contributed by atoms with Gasteiger partial charge >= 0.3 is 0 Å². The highest BCUT2D eigenvalue weighted by atomic mass is 35.5. The fourth-order valence-electron chi connectivity index (χ4n) is 8.20. The van der Waals surface area contributed by atoms with Crippen LogP contribution >= 0.6 is 11.6 Å². The van der Waals surface area contributed by atoms with Gasteiger partial charge in [-0.15, -0.1) is 0 Å². The average Bonchev–Trinajstić information content (AvgIpc) is 3.37. The van der Waals surface area contributed by atoms with E-state index >= 15 is 4.79 Å². The molecule has 0 aromatic heterocycles. The first-order chi connectivity index (χ1) is 20.3. The number of imide groups is 2. The highest BCUT2D eigenvalue weighted by Crippen LogP contribution is 2.64. The van der Waals surface area contributed by atoms with Gasteiger partial charge in [0.1, 0.15) is 5.75 Å². The predicted molar refractivity (Wildman–Crippen MR) is 157 cm³/mol. The van der Waals surface area contributed by atoms with Gasteiger partial charge in [-0.05, 0) is 67.1 Å². The molecule has 3 aromatic carbocycles. The van der Waals surface area contributed by atoms with E-state index < -0.39 is 35.0 Å². The summed E-state index contributed by atoms with van der Waals surface area (Å²) in [5.41, 5.74) is 1.28. The van der Waals surface area contributed by atoms with Gasteiger partial charge in [0.05, 0.1) is 28.9 Å². The zero-order valence-electron chi connectivity index (χ0n) is 22.9. The minimum absolute atomic E-state index is 0.0384. The van der Waals surface area contributed by atoms with Crippen molar-refractivity contribution in [3.05, 3.63) is 107 Å². The van der Waals surface area contributed by atoms with E-state index in [4.69, 9.17) is 11.6 Å². The number of allylic oxidation sites excluding steroid dienone is 2. The van der Waals surface area contributed by atoms with Crippen LogP contribution in [0.1, 0.15) is 36.8 Å². The molecule has 6 atom stereocenters. The van der Waals surface area contributed by atoms with E-state index in [1.807, 2.05) is 42.5 Å². The van der Waals surface area contributed by atoms with Crippen molar-refractivity contribution in [2.24, 2.45) is 23.7 Å². The van der Waals surface area contributed by atoms with Crippen molar-refractivity contribution in [2.45, 2.75) is 31.1 Å². The van der Waals surface area contributed by atoms with Crippen LogP contribution < -0.4 is 4.90 Å². The van der Waals surface area contributed by atoms with Crippen molar-refractivity contribution in [3.63, 3.8) is 0 Å². The van der Waals surface area contributed by atoms with Gasteiger partial charge < -0.3 is 5.11 Å². The number of amides is 4. The molecule has 0 radical (unpaired) electrons. The number of carbonyl (C=O) groups excluding carboxylic acids is 4. The van der Waals surface area contributed by atoms with Crippen LogP contribution in [-0.4, -0.2) is 40.2 Å². The maximum Gasteiger partial charge on any atom is 0.246 e. The number of benzene rings is 3. The summed E-state index contributed by atoms with van der Waals surface area (Å²) in [5.74, 6) is -4.07. The molecule has 0 bridgehead atoms. The molecule has 1 saturated carbocycles. The number of carbonyl (C=O) groups is 4. The second kappa shape index (κ2) is 9.66. The number of aromatic hydroxyl groups is 1. The van der Waals surface area contributed by atoms with Crippen molar-refractivity contribution in [1.82, 2.24) is 4.90 Å². The Morgan fingerprint density at radius 3 is 2.36 bits per heavy atom. The molecule has 0 spiro atoms. The molecule has 42 heavy (non-hydrogen) atoms. The Hall–Kier alpha value is -4.23. The minimum Gasteiger partial charge on any atom is -0.508 e. The number of nitrogens with zero attached hydrogens (tertiary/aromatic N) is 2. The van der Waals surface area contributed by atoms with E-state index in [0.717, 1.165) is 5.57 Å². The monoisotopic (exact) mass is 580 g/mol. The lowest BCUT2D eigenvalue weighted by Gasteiger charge is -2.50. The minimum atomic E-state index is -1.35. The van der Waals surface area contributed by atoms with E-state index in [9.17, 15) is 19.5 Å². The Balaban J connectivity index is 1.51. The lowest BCUT2D eigenvalue weighted by molar-refractivity contribution is -0.140. The smallest absolute Gasteiger partial charge is 0.246 e. The molecule has 2 heterocycles. The van der Waals surface area contributed by atoms with Crippen LogP contribution in [-0.2, 0) is 24.6 Å². The van der Waals surface area contributed by atoms with E-state index in [1.54, 1.807) is 49.4 Å². The summed E-state index contributed by atoms with van der Waals surface area (Å²) in [4.78, 5) is 59.1. The third-order valence-electron chi connectivity index (χ3n) is 9.78. The van der Waals surface area contributed by atoms with Gasteiger partial charge in [-0.2, -0.15) is 0 Å². The third kappa shape index (κ3) is 3.52. The Labute approximate surface area is 248 Å². The Kier molecular flexibility index (Phi) is 6.13. The summed E-state index contributed by atoms with van der Waals surface area (Å²) in [6.45, 7) is 2.08. The Bertz CT molecular complexity index is 1690. The molecule has 6 unspecified atom stereocenters. The quantitative estimate of drug-likeness (QED) is 0.337. The summed E-state index contributed by atoms with van der Waals surface area (Å²) < 4.78 is 0. The molecule has 212 valence electrons. The number of phenols is 1. The highest BCUT2D eigenvalue weighted by Gasteiger charge is 2.70. The van der Waals surface area contributed by atoms with Crippen molar-refractivity contribution in [2.75, 3.05) is 11.4 Å². The zero-order valence-corrected chi connectivity index (χ0v) is 23.7. The molecule has 8 heteroatoms. The van der Waals surface area contributed by atoms with Crippen LogP contribution in [0.5, 0.6) is 5.75 Å². The largest absolute Gasteiger partial charge is 0.508 e. The molecule has 3 fully saturated rings. The van der Waals surface area contributed by atoms with Crippen molar-refractivity contribution in [3.8, 4) is 5.75 Å². The molecule has 2 aliphatic heterocycles. The van der Waals surface area contributed by atoms with Gasteiger partial charge in [-0.3, -0.25) is 24.1 Å². The number of rotatable bonds is 4. The van der Waals surface area contributed by atoms with Crippen LogP contribution in [0.25, 0.3) is 0 Å². The number of anilines is 1. The Morgan fingerprint density at radius 2 is 1.64 bits per heavy atom.